The van der Waals surface area contributed by atoms with Crippen LogP contribution in [0.25, 0.3) is 22.3 Å². The number of benzene rings is 1. The summed E-state index contributed by atoms with van der Waals surface area (Å²) in [5, 5.41) is 7.23. The molecule has 51 heavy (non-hydrogen) atoms. The van der Waals surface area contributed by atoms with Gasteiger partial charge in [0, 0.05) is 16.6 Å². The van der Waals surface area contributed by atoms with Crippen molar-refractivity contribution in [2.45, 2.75) is 117 Å². The smallest absolute Gasteiger partial charge is 0.412 e. The predicted octanol–water partition coefficient (Wildman–Crippen LogP) is 5.83. The molecule has 0 saturated carbocycles. The number of ether oxygens (including phenoxy) is 4. The number of esters is 2. The molecule has 2 N–H and O–H groups in total. The van der Waals surface area contributed by atoms with Gasteiger partial charge >= 0.3 is 24.1 Å². The van der Waals surface area contributed by atoms with Crippen LogP contribution in [0.2, 0.25) is 19.1 Å². The lowest BCUT2D eigenvalue weighted by atomic mass is 9.85. The Morgan fingerprint density at radius 2 is 1.65 bits per heavy atom. The van der Waals surface area contributed by atoms with Gasteiger partial charge in [0.05, 0.1) is 37.1 Å². The zero-order valence-electron chi connectivity index (χ0n) is 31.1. The van der Waals surface area contributed by atoms with Crippen LogP contribution in [-0.4, -0.2) is 59.5 Å². The van der Waals surface area contributed by atoms with Gasteiger partial charge in [0.1, 0.15) is 24.4 Å². The number of pyridine rings is 2. The Morgan fingerprint density at radius 3 is 2.27 bits per heavy atom. The van der Waals surface area contributed by atoms with E-state index in [9.17, 15) is 24.0 Å². The van der Waals surface area contributed by atoms with Crippen LogP contribution < -0.4 is 21.4 Å². The number of hydrogen-bond acceptors (Lipinski definition) is 10. The number of nitrogens with zero attached hydrogens (tertiary/aromatic N) is 2. The monoisotopic (exact) mass is 720 g/mol. The van der Waals surface area contributed by atoms with Crippen molar-refractivity contribution in [3.63, 3.8) is 0 Å². The number of amides is 2. The minimum absolute atomic E-state index is 0.0208. The van der Waals surface area contributed by atoms with Crippen LogP contribution >= 0.6 is 0 Å². The number of fused-ring (bicyclic) bond motifs is 5. The molecule has 2 amide bonds. The van der Waals surface area contributed by atoms with Gasteiger partial charge in [-0.05, 0) is 83.0 Å². The van der Waals surface area contributed by atoms with Gasteiger partial charge in [0.2, 0.25) is 5.60 Å². The molecular weight excluding hydrogens is 673 g/mol. The molecule has 5 rings (SSSR count). The molecule has 4 heterocycles. The van der Waals surface area contributed by atoms with Crippen molar-refractivity contribution >= 4 is 54.0 Å². The summed E-state index contributed by atoms with van der Waals surface area (Å²) in [6.07, 6.45) is -0.445. The molecule has 0 fully saturated rings. The standard InChI is InChI=1S/C37H48N4O9Si/c1-11-15-51(9,10)30-22-16-21(39-34(46)50-36(6,7)8)13-14-26(22)40-29-23(30)19-41-27(29)17-25-24(31(41)43)20-47-32(44)37(25,12-2)48-28(42)18-38-33(45)49-35(3,4)5/h13-14,16-17H,11-12,15,18-20H2,1-10H3,(H,38,45)(H,39,46). The quantitative estimate of drug-likeness (QED) is 0.129. The fourth-order valence-corrected chi connectivity index (χ4v) is 10.4. The molecule has 0 spiro atoms. The van der Waals surface area contributed by atoms with Crippen molar-refractivity contribution in [2.75, 3.05) is 11.9 Å². The summed E-state index contributed by atoms with van der Waals surface area (Å²) >= 11 is 0. The number of hydrogen-bond donors (Lipinski definition) is 2. The second-order valence-corrected chi connectivity index (χ2v) is 20.5. The average Bonchev–Trinajstić information content (AvgIpc) is 3.36. The maximum atomic E-state index is 14.3. The van der Waals surface area contributed by atoms with Gasteiger partial charge in [-0.25, -0.2) is 19.4 Å². The number of rotatable bonds is 8. The number of aromatic nitrogens is 2. The van der Waals surface area contributed by atoms with Gasteiger partial charge in [0.15, 0.2) is 0 Å². The summed E-state index contributed by atoms with van der Waals surface area (Å²) in [5.74, 6) is -1.71. The Hall–Kier alpha value is -4.72. The summed E-state index contributed by atoms with van der Waals surface area (Å²) < 4.78 is 23.6. The van der Waals surface area contributed by atoms with Gasteiger partial charge < -0.3 is 28.8 Å². The maximum absolute atomic E-state index is 14.3. The molecule has 14 heteroatoms. The molecule has 3 aromatic rings. The number of carbonyl (C=O) groups excluding carboxylic acids is 4. The molecule has 2 aliphatic heterocycles. The van der Waals surface area contributed by atoms with Gasteiger partial charge in [-0.15, -0.1) is 0 Å². The van der Waals surface area contributed by atoms with Crippen LogP contribution in [0.4, 0.5) is 15.3 Å². The van der Waals surface area contributed by atoms with Crippen molar-refractivity contribution in [3.05, 3.63) is 51.3 Å². The summed E-state index contributed by atoms with van der Waals surface area (Å²) in [4.78, 5) is 70.8. The highest BCUT2D eigenvalue weighted by atomic mass is 28.3. The van der Waals surface area contributed by atoms with E-state index >= 15 is 0 Å². The van der Waals surface area contributed by atoms with Crippen molar-refractivity contribution in [2.24, 2.45) is 0 Å². The fraction of sp³-hybridized carbons (Fsp3) is 0.514. The highest BCUT2D eigenvalue weighted by Gasteiger charge is 2.50. The molecule has 0 bridgehead atoms. The molecule has 1 aromatic carbocycles. The second kappa shape index (κ2) is 13.4. The number of alkyl carbamates (subject to hydrolysis) is 1. The molecule has 274 valence electrons. The van der Waals surface area contributed by atoms with Crippen LogP contribution in [0.5, 0.6) is 0 Å². The van der Waals surface area contributed by atoms with E-state index in [1.165, 1.54) is 0 Å². The molecule has 2 aromatic heterocycles. The van der Waals surface area contributed by atoms with E-state index in [1.54, 1.807) is 65.2 Å². The average molecular weight is 721 g/mol. The summed E-state index contributed by atoms with van der Waals surface area (Å²) in [6.45, 7) is 18.3. The van der Waals surface area contributed by atoms with Crippen LogP contribution in [0.1, 0.15) is 84.9 Å². The van der Waals surface area contributed by atoms with Gasteiger partial charge in [-0.1, -0.05) is 39.4 Å². The number of cyclic esters (lactones) is 1. The Morgan fingerprint density at radius 1 is 0.980 bits per heavy atom. The van der Waals surface area contributed by atoms with Crippen molar-refractivity contribution in [1.29, 1.82) is 0 Å². The van der Waals surface area contributed by atoms with Crippen LogP contribution in [0, 0.1) is 0 Å². The molecule has 1 unspecified atom stereocenters. The highest BCUT2D eigenvalue weighted by molar-refractivity contribution is 6.91. The normalized spacial score (nSPS) is 16.8. The minimum atomic E-state index is -2.18. The third kappa shape index (κ3) is 7.51. The van der Waals surface area contributed by atoms with E-state index in [-0.39, 0.29) is 36.3 Å². The first-order chi connectivity index (χ1) is 23.7. The molecule has 1 atom stereocenters. The lowest BCUT2D eigenvalue weighted by Gasteiger charge is -2.35. The second-order valence-electron chi connectivity index (χ2n) is 15.7. The summed E-state index contributed by atoms with van der Waals surface area (Å²) in [6, 6.07) is 8.22. The molecule has 0 radical (unpaired) electrons. The van der Waals surface area contributed by atoms with Crippen molar-refractivity contribution in [3.8, 4) is 11.4 Å². The topological polar surface area (TPSA) is 164 Å². The van der Waals surface area contributed by atoms with E-state index in [2.05, 4.69) is 30.7 Å². The SMILES string of the molecule is CCC[Si](C)(C)c1c2c(nc3ccc(NC(=O)OC(C)(C)C)cc13)-c1cc3c(c(=O)n1C2)COC(=O)C3(CC)OC(=O)CNC(=O)OC(C)(C)C. The maximum Gasteiger partial charge on any atom is 0.412 e. The zero-order valence-corrected chi connectivity index (χ0v) is 32.1. The molecular formula is C37H48N4O9Si. The minimum Gasteiger partial charge on any atom is -0.457 e. The number of carbonyl (C=O) groups is 4. The lowest BCUT2D eigenvalue weighted by molar-refractivity contribution is -0.188. The van der Waals surface area contributed by atoms with Gasteiger partial charge in [-0.3, -0.25) is 14.9 Å². The first-order valence-electron chi connectivity index (χ1n) is 17.3. The summed E-state index contributed by atoms with van der Waals surface area (Å²) in [7, 11) is -2.18. The van der Waals surface area contributed by atoms with Gasteiger partial charge in [-0.2, -0.15) is 0 Å². The molecule has 2 aliphatic rings. The Balaban J connectivity index is 1.61. The lowest BCUT2D eigenvalue weighted by Crippen LogP contribution is -2.49. The Bertz CT molecular complexity index is 1990. The van der Waals surface area contributed by atoms with E-state index in [0.717, 1.165) is 28.6 Å². The first kappa shape index (κ1) is 37.5. The van der Waals surface area contributed by atoms with E-state index < -0.39 is 55.5 Å². The van der Waals surface area contributed by atoms with Crippen LogP contribution in [-0.2, 0) is 47.3 Å². The summed E-state index contributed by atoms with van der Waals surface area (Å²) in [5.41, 5.74) is -0.00352. The predicted molar refractivity (Wildman–Crippen MR) is 195 cm³/mol. The Kier molecular flexibility index (Phi) is 9.89. The van der Waals surface area contributed by atoms with Gasteiger partial charge in [0.25, 0.3) is 5.56 Å². The molecule has 0 saturated heterocycles. The van der Waals surface area contributed by atoms with E-state index in [4.69, 9.17) is 23.9 Å². The third-order valence-electron chi connectivity index (χ3n) is 8.92. The molecule has 0 aliphatic carbocycles. The Labute approximate surface area is 298 Å². The third-order valence-corrected chi connectivity index (χ3v) is 12.6. The number of anilines is 1. The van der Waals surface area contributed by atoms with E-state index in [0.29, 0.717) is 22.6 Å². The number of nitrogens with one attached hydrogen (secondary N) is 2. The van der Waals surface area contributed by atoms with Crippen LogP contribution in [0.15, 0.2) is 29.1 Å². The van der Waals surface area contributed by atoms with Crippen molar-refractivity contribution in [1.82, 2.24) is 14.9 Å². The zero-order chi connectivity index (χ0) is 37.7. The molecule has 13 nitrogen and oxygen atoms in total. The first-order valence-corrected chi connectivity index (χ1v) is 20.5. The largest absolute Gasteiger partial charge is 0.457 e. The fourth-order valence-electron chi connectivity index (χ4n) is 6.95. The van der Waals surface area contributed by atoms with Crippen LogP contribution in [0.3, 0.4) is 0 Å². The van der Waals surface area contributed by atoms with E-state index in [1.807, 2.05) is 12.1 Å². The highest BCUT2D eigenvalue weighted by Crippen LogP contribution is 2.41. The van der Waals surface area contributed by atoms with Crippen molar-refractivity contribution < 1.29 is 38.1 Å².